The Balaban J connectivity index is 2.41. The minimum Gasteiger partial charge on any atom is -0.211 e. The molecule has 0 N–H and O–H groups in total. The maximum atomic E-state index is 11.3. The summed E-state index contributed by atoms with van der Waals surface area (Å²) in [4.78, 5) is 27.3. The first kappa shape index (κ1) is 20.7. The van der Waals surface area contributed by atoms with Gasteiger partial charge in [-0.05, 0) is 23.6 Å². The van der Waals surface area contributed by atoms with Crippen molar-refractivity contribution in [1.29, 1.82) is 0 Å². The van der Waals surface area contributed by atoms with Crippen LogP contribution in [0.1, 0.15) is 27.8 Å². The Kier molecular flexibility index (Phi) is 6.12. The fraction of sp³-hybridized carbons (Fsp3) is 0.130. The van der Waals surface area contributed by atoms with Crippen LogP contribution >= 0.6 is 23.2 Å². The van der Waals surface area contributed by atoms with Crippen molar-refractivity contribution in [2.75, 3.05) is 0 Å². The third-order valence-corrected chi connectivity index (χ3v) is 5.67. The zero-order valence-corrected chi connectivity index (χ0v) is 17.0. The van der Waals surface area contributed by atoms with Crippen molar-refractivity contribution in [2.24, 2.45) is 9.98 Å². The van der Waals surface area contributed by atoms with Gasteiger partial charge >= 0.3 is 0 Å². The van der Waals surface area contributed by atoms with E-state index in [2.05, 4.69) is 9.98 Å². The zero-order chi connectivity index (χ0) is 20.9. The van der Waals surface area contributed by atoms with Gasteiger partial charge in [0.15, 0.2) is 10.00 Å². The van der Waals surface area contributed by atoms with Gasteiger partial charge in [-0.1, -0.05) is 102 Å². The summed E-state index contributed by atoms with van der Waals surface area (Å²) in [6, 6.07) is 23.1. The summed E-state index contributed by atoms with van der Waals surface area (Å²) < 4.78 is 0. The Morgan fingerprint density at radius 3 is 1.69 bits per heavy atom. The van der Waals surface area contributed by atoms with E-state index in [0.29, 0.717) is 22.3 Å². The van der Waals surface area contributed by atoms with E-state index in [0.717, 1.165) is 5.56 Å². The molecule has 2 atom stereocenters. The van der Waals surface area contributed by atoms with Gasteiger partial charge in [0.05, 0.1) is 0 Å². The number of alkyl halides is 2. The predicted octanol–water partition coefficient (Wildman–Crippen LogP) is 5.55. The Morgan fingerprint density at radius 2 is 1.17 bits per heavy atom. The lowest BCUT2D eigenvalue weighted by Crippen LogP contribution is -2.28. The van der Waals surface area contributed by atoms with Crippen LogP contribution in [0.2, 0.25) is 0 Å². The van der Waals surface area contributed by atoms with E-state index in [-0.39, 0.29) is 0 Å². The second-order valence-corrected chi connectivity index (χ2v) is 7.47. The van der Waals surface area contributed by atoms with Crippen molar-refractivity contribution in [3.05, 3.63) is 107 Å². The van der Waals surface area contributed by atoms with Gasteiger partial charge in [0.2, 0.25) is 12.2 Å². The van der Waals surface area contributed by atoms with E-state index in [1.54, 1.807) is 72.8 Å². The van der Waals surface area contributed by atoms with Gasteiger partial charge < -0.3 is 0 Å². The van der Waals surface area contributed by atoms with E-state index < -0.39 is 10.00 Å². The molecule has 0 aliphatic rings. The standard InChI is InChI=1S/C23H16Cl2N2O2/c1-17-9-8-14-20(22(24,26-15-28)18-10-4-2-5-11-18)21(17)23(25,27-16-29)19-12-6-3-7-13-19/h2-14H,1H3. The molecule has 0 aliphatic carbocycles. The number of hydrogen-bond acceptors (Lipinski definition) is 4. The summed E-state index contributed by atoms with van der Waals surface area (Å²) in [7, 11) is 0. The normalized spacial score (nSPS) is 14.6. The summed E-state index contributed by atoms with van der Waals surface area (Å²) in [6.07, 6.45) is 3.14. The molecule has 0 radical (unpaired) electrons. The second-order valence-electron chi connectivity index (χ2n) is 6.38. The third-order valence-electron chi connectivity index (χ3n) is 4.67. The molecule has 6 heteroatoms. The third kappa shape index (κ3) is 3.80. The molecule has 3 aromatic rings. The fourth-order valence-corrected chi connectivity index (χ4v) is 4.10. The molecule has 3 rings (SSSR count). The summed E-state index contributed by atoms with van der Waals surface area (Å²) in [5, 5.41) is 0. The molecule has 0 bridgehead atoms. The molecule has 0 heterocycles. The molecule has 2 unspecified atom stereocenters. The van der Waals surface area contributed by atoms with Gasteiger partial charge in [-0.2, -0.15) is 9.98 Å². The Morgan fingerprint density at radius 1 is 0.690 bits per heavy atom. The van der Waals surface area contributed by atoms with Crippen LogP contribution in [0, 0.1) is 6.92 Å². The van der Waals surface area contributed by atoms with Crippen LogP contribution in [0.15, 0.2) is 88.8 Å². The lowest BCUT2D eigenvalue weighted by molar-refractivity contribution is 0.554. The minimum absolute atomic E-state index is 0.423. The quantitative estimate of drug-likeness (QED) is 0.226. The highest BCUT2D eigenvalue weighted by molar-refractivity contribution is 6.28. The number of halogens is 2. The highest BCUT2D eigenvalue weighted by atomic mass is 35.5. The van der Waals surface area contributed by atoms with Crippen LogP contribution < -0.4 is 0 Å². The van der Waals surface area contributed by atoms with Crippen LogP contribution in [0.25, 0.3) is 0 Å². The summed E-state index contributed by atoms with van der Waals surface area (Å²) >= 11 is 13.9. The first-order valence-electron chi connectivity index (χ1n) is 8.75. The maximum absolute atomic E-state index is 11.3. The number of aliphatic imine (C=N–C) groups is 2. The molecule has 0 saturated heterocycles. The lowest BCUT2D eigenvalue weighted by atomic mass is 9.85. The van der Waals surface area contributed by atoms with Gasteiger partial charge in [0, 0.05) is 11.1 Å². The van der Waals surface area contributed by atoms with E-state index in [1.807, 2.05) is 25.1 Å². The molecule has 0 spiro atoms. The highest BCUT2D eigenvalue weighted by Crippen LogP contribution is 2.48. The largest absolute Gasteiger partial charge is 0.237 e. The van der Waals surface area contributed by atoms with Crippen LogP contribution in [-0.4, -0.2) is 12.2 Å². The molecule has 0 aliphatic heterocycles. The van der Waals surface area contributed by atoms with Crippen LogP contribution in [0.5, 0.6) is 0 Å². The summed E-state index contributed by atoms with van der Waals surface area (Å²) in [5.41, 5.74) is 2.71. The topological polar surface area (TPSA) is 58.9 Å². The van der Waals surface area contributed by atoms with E-state index in [9.17, 15) is 9.59 Å². The zero-order valence-electron chi connectivity index (χ0n) is 15.5. The van der Waals surface area contributed by atoms with Crippen molar-refractivity contribution >= 4 is 35.4 Å². The van der Waals surface area contributed by atoms with E-state index in [4.69, 9.17) is 23.2 Å². The van der Waals surface area contributed by atoms with Gasteiger partial charge in [0.25, 0.3) is 0 Å². The molecular formula is C23H16Cl2N2O2. The first-order chi connectivity index (χ1) is 14.0. The molecular weight excluding hydrogens is 407 g/mol. The number of carbonyl (C=O) groups excluding carboxylic acids is 2. The number of rotatable bonds is 6. The monoisotopic (exact) mass is 422 g/mol. The van der Waals surface area contributed by atoms with Gasteiger partial charge in [-0.25, -0.2) is 9.59 Å². The molecule has 29 heavy (non-hydrogen) atoms. The number of aryl methyl sites for hydroxylation is 1. The average Bonchev–Trinajstić information content (AvgIpc) is 2.75. The van der Waals surface area contributed by atoms with Gasteiger partial charge in [-0.15, -0.1) is 0 Å². The Bertz CT molecular complexity index is 1110. The van der Waals surface area contributed by atoms with E-state index >= 15 is 0 Å². The van der Waals surface area contributed by atoms with Crippen LogP contribution in [0.4, 0.5) is 0 Å². The van der Waals surface area contributed by atoms with E-state index in [1.165, 1.54) is 0 Å². The number of nitrogens with zero attached hydrogens (tertiary/aromatic N) is 2. The molecule has 4 nitrogen and oxygen atoms in total. The van der Waals surface area contributed by atoms with Crippen molar-refractivity contribution in [3.63, 3.8) is 0 Å². The fourth-order valence-electron chi connectivity index (χ4n) is 3.37. The molecule has 0 aromatic heterocycles. The SMILES string of the molecule is Cc1cccc(C(Cl)(N=C=O)c2ccccc2)c1C(Cl)(N=C=O)c1ccccc1. The van der Waals surface area contributed by atoms with Crippen LogP contribution in [-0.2, 0) is 19.6 Å². The highest BCUT2D eigenvalue weighted by Gasteiger charge is 2.42. The maximum Gasteiger partial charge on any atom is 0.237 e. The molecule has 0 saturated carbocycles. The van der Waals surface area contributed by atoms with Crippen molar-refractivity contribution in [2.45, 2.75) is 16.9 Å². The minimum atomic E-state index is -1.60. The molecule has 144 valence electrons. The second kappa shape index (κ2) is 8.57. The number of benzene rings is 3. The van der Waals surface area contributed by atoms with Crippen molar-refractivity contribution in [3.8, 4) is 0 Å². The average molecular weight is 423 g/mol. The lowest BCUT2D eigenvalue weighted by Gasteiger charge is -2.32. The van der Waals surface area contributed by atoms with Gasteiger partial charge in [-0.3, -0.25) is 0 Å². The molecule has 0 amide bonds. The van der Waals surface area contributed by atoms with Crippen molar-refractivity contribution in [1.82, 2.24) is 0 Å². The smallest absolute Gasteiger partial charge is 0.211 e. The Labute approximate surface area is 178 Å². The number of isocyanates is 2. The predicted molar refractivity (Wildman–Crippen MR) is 114 cm³/mol. The molecule has 3 aromatic carbocycles. The number of hydrogen-bond donors (Lipinski definition) is 0. The Hall–Kier alpha value is -3.00. The molecule has 0 fully saturated rings. The first-order valence-corrected chi connectivity index (χ1v) is 9.50. The van der Waals surface area contributed by atoms with Gasteiger partial charge in [0.1, 0.15) is 0 Å². The summed E-state index contributed by atoms with van der Waals surface area (Å²) in [5.74, 6) is 0. The summed E-state index contributed by atoms with van der Waals surface area (Å²) in [6.45, 7) is 1.83. The van der Waals surface area contributed by atoms with Crippen LogP contribution in [0.3, 0.4) is 0 Å². The van der Waals surface area contributed by atoms with Crippen molar-refractivity contribution < 1.29 is 9.59 Å².